The fourth-order valence-electron chi connectivity index (χ4n) is 2.59. The van der Waals surface area contributed by atoms with E-state index in [0.29, 0.717) is 22.3 Å². The van der Waals surface area contributed by atoms with E-state index in [1.807, 2.05) is 73.0 Å². The van der Waals surface area contributed by atoms with Crippen LogP contribution in [0.3, 0.4) is 0 Å². The first-order chi connectivity index (χ1) is 11.8. The first kappa shape index (κ1) is 18.7. The molecule has 0 aliphatic heterocycles. The van der Waals surface area contributed by atoms with Crippen LogP contribution >= 0.6 is 0 Å². The Morgan fingerprint density at radius 3 is 1.44 bits per heavy atom. The van der Waals surface area contributed by atoms with Gasteiger partial charge in [-0.15, -0.1) is 23.3 Å². The number of ketones is 1. The van der Waals surface area contributed by atoms with Crippen molar-refractivity contribution >= 4 is 23.2 Å². The molecule has 3 heteroatoms. The van der Waals surface area contributed by atoms with Crippen molar-refractivity contribution in [3.63, 3.8) is 0 Å². The van der Waals surface area contributed by atoms with Crippen LogP contribution in [0.4, 0.5) is 0 Å². The summed E-state index contributed by atoms with van der Waals surface area (Å²) in [5.74, 6) is -0.191. The topological polar surface area (TPSA) is 34.1 Å². The number of hydrogen-bond donors (Lipinski definition) is 0. The molecule has 0 N–H and O–H groups in total. The summed E-state index contributed by atoms with van der Waals surface area (Å²) >= 11 is 0. The van der Waals surface area contributed by atoms with E-state index < -0.39 is 0 Å². The summed E-state index contributed by atoms with van der Waals surface area (Å²) in [5, 5.41) is 0. The van der Waals surface area contributed by atoms with Crippen molar-refractivity contribution in [2.45, 2.75) is 0 Å². The quantitative estimate of drug-likeness (QED) is 0.201. The monoisotopic (exact) mass is 414 g/mol. The van der Waals surface area contributed by atoms with Gasteiger partial charge in [-0.3, -0.25) is 0 Å². The Balaban J connectivity index is 0.00000225. The predicted molar refractivity (Wildman–Crippen MR) is 96.2 cm³/mol. The molecule has 1 radical (unpaired) electrons. The molecule has 0 spiro atoms. The second kappa shape index (κ2) is 9.01. The van der Waals surface area contributed by atoms with E-state index in [2.05, 4.69) is 0 Å². The largest absolute Gasteiger partial charge is 0.376 e. The van der Waals surface area contributed by atoms with Crippen molar-refractivity contribution in [3.8, 4) is 0 Å². The van der Waals surface area contributed by atoms with E-state index in [0.717, 1.165) is 0 Å². The van der Waals surface area contributed by atoms with Gasteiger partial charge in [0.15, 0.2) is 0 Å². The third-order valence-electron chi connectivity index (χ3n) is 3.74. The second-order valence-corrected chi connectivity index (χ2v) is 5.28. The van der Waals surface area contributed by atoms with Gasteiger partial charge in [-0.1, -0.05) is 90.0 Å². The van der Waals surface area contributed by atoms with Crippen LogP contribution in [0.5, 0.6) is 0 Å². The number of carbonyl (C=O) groups is 1. The number of Topliss-reactive ketones (excluding diaryl/α,β-unsaturated/α-hetero) is 1. The Kier molecular flexibility index (Phi) is 6.74. The van der Waals surface area contributed by atoms with Gasteiger partial charge in [0.2, 0.25) is 0 Å². The third-order valence-corrected chi connectivity index (χ3v) is 3.74. The molecule has 3 rings (SSSR count). The van der Waals surface area contributed by atoms with Crippen molar-refractivity contribution < 1.29 is 29.1 Å². The zero-order chi connectivity index (χ0) is 16.8. The minimum atomic E-state index is -0.191. The molecule has 2 nitrogen and oxygen atoms in total. The van der Waals surface area contributed by atoms with Crippen LogP contribution in [0.15, 0.2) is 91.0 Å². The number of benzene rings is 3. The Morgan fingerprint density at radius 2 is 1.00 bits per heavy atom. The summed E-state index contributed by atoms with van der Waals surface area (Å²) in [5.41, 5.74) is 2.56. The average Bonchev–Trinajstić information content (AvgIpc) is 2.67. The number of rotatable bonds is 5. The molecule has 0 bridgehead atoms. The molecule has 0 aromatic heterocycles. The van der Waals surface area contributed by atoms with E-state index in [9.17, 15) is 9.59 Å². The van der Waals surface area contributed by atoms with E-state index >= 15 is 0 Å². The van der Waals surface area contributed by atoms with Crippen LogP contribution in [0.1, 0.15) is 21.5 Å². The molecule has 125 valence electrons. The minimum Gasteiger partial charge on any atom is -0.376 e. The first-order valence-corrected chi connectivity index (χ1v) is 7.64. The van der Waals surface area contributed by atoms with Crippen molar-refractivity contribution in [2.75, 3.05) is 0 Å². The van der Waals surface area contributed by atoms with E-state index in [1.165, 1.54) is 0 Å². The predicted octanol–water partition coefficient (Wildman–Crippen LogP) is 4.59. The molecule has 0 saturated heterocycles. The molecule has 25 heavy (non-hydrogen) atoms. The van der Waals surface area contributed by atoms with Gasteiger partial charge in [-0.2, -0.15) is 0 Å². The van der Waals surface area contributed by atoms with Gasteiger partial charge in [0.05, 0.1) is 6.29 Å². The molecule has 0 atom stereocenters. The van der Waals surface area contributed by atoms with Crippen molar-refractivity contribution in [3.05, 3.63) is 108 Å². The van der Waals surface area contributed by atoms with Crippen LogP contribution in [0.25, 0.3) is 11.1 Å². The molecule has 0 aliphatic carbocycles. The summed E-state index contributed by atoms with van der Waals surface area (Å²) in [7, 11) is 0. The first-order valence-electron chi connectivity index (χ1n) is 7.64. The minimum absolute atomic E-state index is 0. The summed E-state index contributed by atoms with van der Waals surface area (Å²) in [6.45, 7) is 0. The van der Waals surface area contributed by atoms with Gasteiger partial charge < -0.3 is 9.59 Å². The number of carbonyl (C=O) groups excluding carboxylic acids is 2. The van der Waals surface area contributed by atoms with Crippen LogP contribution in [0, 0.1) is 0 Å². The van der Waals surface area contributed by atoms with Gasteiger partial charge in [0.1, 0.15) is 5.78 Å². The summed E-state index contributed by atoms with van der Waals surface area (Å²) in [6.07, 6.45) is 1.98. The Labute approximate surface area is 160 Å². The Morgan fingerprint density at radius 1 is 0.600 bits per heavy atom. The summed E-state index contributed by atoms with van der Waals surface area (Å²) in [6, 6.07) is 27.4. The maximum Gasteiger partial charge on any atom is 0.140 e. The molecular formula is C22H15O2Rh-. The van der Waals surface area contributed by atoms with Crippen LogP contribution in [-0.4, -0.2) is 12.1 Å². The number of hydrogen-bond acceptors (Lipinski definition) is 2. The third kappa shape index (κ3) is 4.26. The number of allylic oxidation sites excluding steroid dienone is 2. The molecule has 0 unspecified atom stereocenters. The van der Waals surface area contributed by atoms with E-state index in [-0.39, 0.29) is 30.8 Å². The molecule has 0 heterocycles. The smallest absolute Gasteiger partial charge is 0.140 e. The van der Waals surface area contributed by atoms with Gasteiger partial charge >= 0.3 is 0 Å². The normalized spacial score (nSPS) is 11.0. The standard InChI is InChI=1S/C22H15O2.Rh/c23-16-20(17-10-4-1-5-11-17)21(18-12-6-2-7-13-18)22(24)19-14-8-3-9-15-19;/h1-15H;/q-1;/b21-20+;. The average molecular weight is 414 g/mol. The molecule has 0 fully saturated rings. The maximum absolute atomic E-state index is 13.1. The van der Waals surface area contributed by atoms with Crippen molar-refractivity contribution in [1.29, 1.82) is 0 Å². The van der Waals surface area contributed by atoms with E-state index in [1.54, 1.807) is 24.3 Å². The van der Waals surface area contributed by atoms with Gasteiger partial charge in [-0.25, -0.2) is 0 Å². The van der Waals surface area contributed by atoms with Gasteiger partial charge in [-0.05, 0) is 0 Å². The zero-order valence-electron chi connectivity index (χ0n) is 13.3. The molecule has 3 aromatic carbocycles. The van der Waals surface area contributed by atoms with Gasteiger partial charge in [0.25, 0.3) is 0 Å². The van der Waals surface area contributed by atoms with E-state index in [4.69, 9.17) is 0 Å². The second-order valence-electron chi connectivity index (χ2n) is 5.28. The van der Waals surface area contributed by atoms with Crippen molar-refractivity contribution in [2.24, 2.45) is 0 Å². The van der Waals surface area contributed by atoms with Crippen LogP contribution in [0.2, 0.25) is 0 Å². The Bertz CT molecular complexity index is 870. The fraction of sp³-hybridized carbons (Fsp3) is 0. The zero-order valence-corrected chi connectivity index (χ0v) is 14.9. The van der Waals surface area contributed by atoms with Crippen LogP contribution in [-0.2, 0) is 24.3 Å². The molecule has 3 aromatic rings. The van der Waals surface area contributed by atoms with Crippen molar-refractivity contribution in [1.82, 2.24) is 0 Å². The molecule has 0 aliphatic rings. The summed E-state index contributed by atoms with van der Waals surface area (Å²) in [4.78, 5) is 24.8. The SMILES string of the molecule is O=[C-]/C(=C(\C(=O)c1ccccc1)c1ccccc1)c1ccccc1.[Rh]. The van der Waals surface area contributed by atoms with Crippen LogP contribution < -0.4 is 0 Å². The summed E-state index contributed by atoms with van der Waals surface area (Å²) < 4.78 is 0. The molecule has 0 amide bonds. The Hall–Kier alpha value is -2.64. The molecular weight excluding hydrogens is 399 g/mol. The molecule has 0 saturated carbocycles. The fourth-order valence-corrected chi connectivity index (χ4v) is 2.59. The van der Waals surface area contributed by atoms with Gasteiger partial charge in [0, 0.05) is 25.0 Å². The maximum atomic E-state index is 13.1.